The van der Waals surface area contributed by atoms with E-state index in [1.54, 1.807) is 0 Å². The van der Waals surface area contributed by atoms with Crippen LogP contribution in [-0.4, -0.2) is 48.6 Å². The quantitative estimate of drug-likeness (QED) is 0.247. The highest BCUT2D eigenvalue weighted by Gasteiger charge is 2.15. The lowest BCUT2D eigenvalue weighted by Crippen LogP contribution is -2.40. The van der Waals surface area contributed by atoms with Gasteiger partial charge in [0, 0.05) is 38.1 Å². The number of nitrogens with zero attached hydrogens (tertiary/aromatic N) is 2. The summed E-state index contributed by atoms with van der Waals surface area (Å²) in [6.07, 6.45) is 6.71. The van der Waals surface area contributed by atoms with Crippen LogP contribution in [0.15, 0.2) is 29.4 Å². The van der Waals surface area contributed by atoms with Crippen molar-refractivity contribution in [1.82, 2.24) is 15.6 Å². The van der Waals surface area contributed by atoms with Crippen molar-refractivity contribution >= 4 is 47.5 Å². The molecule has 1 aromatic rings. The first kappa shape index (κ1) is 20.3. The maximum Gasteiger partial charge on any atom is 0.191 e. The zero-order valence-electron chi connectivity index (χ0n) is 13.8. The van der Waals surface area contributed by atoms with Crippen LogP contribution in [0.1, 0.15) is 25.7 Å². The van der Waals surface area contributed by atoms with E-state index in [2.05, 4.69) is 37.7 Å². The maximum atomic E-state index is 4.27. The summed E-state index contributed by atoms with van der Waals surface area (Å²) in [5, 5.41) is 10.9. The van der Waals surface area contributed by atoms with Gasteiger partial charge >= 0.3 is 0 Å². The van der Waals surface area contributed by atoms with E-state index in [1.165, 1.54) is 18.6 Å². The standard InChI is InChI=1S/C16H27N5S.HI/c1-17-16(21-13-14-7-6-12-22-14)20-11-5-4-10-19-15-8-2-3-9-18-15;/h2-3,8-9,14H,4-7,10-13H2,1H3,(H,18,19)(H2,17,20,21);1H. The number of hydrogen-bond acceptors (Lipinski definition) is 4. The SMILES string of the molecule is CN=C(NCCCCNc1ccccn1)NCC1CCCS1.I. The van der Waals surface area contributed by atoms with E-state index in [-0.39, 0.29) is 24.0 Å². The zero-order valence-corrected chi connectivity index (χ0v) is 16.9. The van der Waals surface area contributed by atoms with Gasteiger partial charge in [0.25, 0.3) is 0 Å². The Labute approximate surface area is 160 Å². The van der Waals surface area contributed by atoms with Crippen molar-refractivity contribution in [3.8, 4) is 0 Å². The molecule has 2 heterocycles. The number of thioether (sulfide) groups is 1. The number of anilines is 1. The fourth-order valence-electron chi connectivity index (χ4n) is 2.38. The van der Waals surface area contributed by atoms with Crippen LogP contribution in [0.4, 0.5) is 5.82 Å². The number of aliphatic imine (C=N–C) groups is 1. The molecule has 1 unspecified atom stereocenters. The molecule has 1 fully saturated rings. The van der Waals surface area contributed by atoms with Gasteiger partial charge in [-0.2, -0.15) is 11.8 Å². The minimum Gasteiger partial charge on any atom is -0.370 e. The molecule has 0 amide bonds. The average molecular weight is 449 g/mol. The summed E-state index contributed by atoms with van der Waals surface area (Å²) in [7, 11) is 1.83. The maximum absolute atomic E-state index is 4.27. The van der Waals surface area contributed by atoms with Gasteiger partial charge in [0.2, 0.25) is 0 Å². The van der Waals surface area contributed by atoms with Crippen LogP contribution in [0.5, 0.6) is 0 Å². The molecule has 1 aliphatic rings. The minimum absolute atomic E-state index is 0. The number of halogens is 1. The normalized spacial score (nSPS) is 17.4. The second-order valence-corrected chi connectivity index (χ2v) is 6.77. The van der Waals surface area contributed by atoms with E-state index in [4.69, 9.17) is 0 Å². The average Bonchev–Trinajstić information content (AvgIpc) is 3.08. The number of pyridine rings is 1. The van der Waals surface area contributed by atoms with E-state index in [1.807, 2.05) is 31.4 Å². The smallest absolute Gasteiger partial charge is 0.191 e. The summed E-state index contributed by atoms with van der Waals surface area (Å²) >= 11 is 2.07. The van der Waals surface area contributed by atoms with Gasteiger partial charge in [-0.25, -0.2) is 4.98 Å². The molecule has 130 valence electrons. The topological polar surface area (TPSA) is 61.3 Å². The highest BCUT2D eigenvalue weighted by atomic mass is 127. The molecule has 3 N–H and O–H groups in total. The van der Waals surface area contributed by atoms with Crippen molar-refractivity contribution in [2.45, 2.75) is 30.9 Å². The molecular formula is C16H28IN5S. The van der Waals surface area contributed by atoms with E-state index in [0.717, 1.165) is 49.5 Å². The molecular weight excluding hydrogens is 421 g/mol. The largest absolute Gasteiger partial charge is 0.370 e. The Hall–Kier alpha value is -0.700. The van der Waals surface area contributed by atoms with E-state index < -0.39 is 0 Å². The molecule has 5 nitrogen and oxygen atoms in total. The van der Waals surface area contributed by atoms with Gasteiger partial charge in [0.1, 0.15) is 5.82 Å². The van der Waals surface area contributed by atoms with Gasteiger partial charge in [-0.1, -0.05) is 6.07 Å². The number of aromatic nitrogens is 1. The van der Waals surface area contributed by atoms with Crippen LogP contribution < -0.4 is 16.0 Å². The molecule has 1 saturated heterocycles. The highest BCUT2D eigenvalue weighted by molar-refractivity contribution is 14.0. The van der Waals surface area contributed by atoms with Gasteiger partial charge in [0.05, 0.1) is 0 Å². The third kappa shape index (κ3) is 8.64. The molecule has 23 heavy (non-hydrogen) atoms. The molecule has 2 rings (SSSR count). The number of nitrogens with one attached hydrogen (secondary N) is 3. The van der Waals surface area contributed by atoms with Crippen molar-refractivity contribution in [3.05, 3.63) is 24.4 Å². The molecule has 0 aliphatic carbocycles. The van der Waals surface area contributed by atoms with Crippen molar-refractivity contribution in [3.63, 3.8) is 0 Å². The van der Waals surface area contributed by atoms with E-state index in [9.17, 15) is 0 Å². The molecule has 1 aromatic heterocycles. The van der Waals surface area contributed by atoms with Crippen LogP contribution in [0.25, 0.3) is 0 Å². The summed E-state index contributed by atoms with van der Waals surface area (Å²) in [6.45, 7) is 2.91. The minimum atomic E-state index is 0. The second kappa shape index (κ2) is 12.7. The lowest BCUT2D eigenvalue weighted by Gasteiger charge is -2.14. The Kier molecular flexibility index (Phi) is 11.2. The summed E-state index contributed by atoms with van der Waals surface area (Å²) < 4.78 is 0. The Bertz CT molecular complexity index is 437. The Morgan fingerprint density at radius 1 is 1.30 bits per heavy atom. The van der Waals surface area contributed by atoms with Crippen LogP contribution in [-0.2, 0) is 0 Å². The van der Waals surface area contributed by atoms with Gasteiger partial charge < -0.3 is 16.0 Å². The second-order valence-electron chi connectivity index (χ2n) is 5.36. The summed E-state index contributed by atoms with van der Waals surface area (Å²) in [6, 6.07) is 5.91. The van der Waals surface area contributed by atoms with Crippen molar-refractivity contribution in [1.29, 1.82) is 0 Å². The monoisotopic (exact) mass is 449 g/mol. The van der Waals surface area contributed by atoms with Crippen LogP contribution in [0.2, 0.25) is 0 Å². The molecule has 0 spiro atoms. The summed E-state index contributed by atoms with van der Waals surface area (Å²) in [5.74, 6) is 3.17. The number of rotatable bonds is 8. The van der Waals surface area contributed by atoms with Crippen LogP contribution >= 0.6 is 35.7 Å². The third-order valence-electron chi connectivity index (χ3n) is 3.61. The fraction of sp³-hybridized carbons (Fsp3) is 0.625. The number of unbranched alkanes of at least 4 members (excludes halogenated alkanes) is 1. The predicted octanol–water partition coefficient (Wildman–Crippen LogP) is 2.95. The molecule has 0 aromatic carbocycles. The zero-order chi connectivity index (χ0) is 15.5. The highest BCUT2D eigenvalue weighted by Crippen LogP contribution is 2.25. The van der Waals surface area contributed by atoms with Gasteiger partial charge in [-0.3, -0.25) is 4.99 Å². The van der Waals surface area contributed by atoms with Crippen molar-refractivity contribution in [2.24, 2.45) is 4.99 Å². The van der Waals surface area contributed by atoms with Crippen LogP contribution in [0, 0.1) is 0 Å². The summed E-state index contributed by atoms with van der Waals surface area (Å²) in [4.78, 5) is 8.52. The third-order valence-corrected chi connectivity index (χ3v) is 5.01. The molecule has 7 heteroatoms. The first-order valence-corrected chi connectivity index (χ1v) is 9.14. The first-order valence-electron chi connectivity index (χ1n) is 8.09. The Balaban J connectivity index is 0.00000264. The Morgan fingerprint density at radius 3 is 2.87 bits per heavy atom. The van der Waals surface area contributed by atoms with Gasteiger partial charge in [-0.15, -0.1) is 24.0 Å². The molecule has 0 radical (unpaired) electrons. The lowest BCUT2D eigenvalue weighted by molar-refractivity contribution is 0.695. The first-order chi connectivity index (χ1) is 10.9. The number of guanidine groups is 1. The van der Waals surface area contributed by atoms with Gasteiger partial charge in [-0.05, 0) is 43.6 Å². The molecule has 0 saturated carbocycles. The fourth-order valence-corrected chi connectivity index (χ4v) is 3.58. The van der Waals surface area contributed by atoms with Crippen molar-refractivity contribution in [2.75, 3.05) is 37.8 Å². The van der Waals surface area contributed by atoms with Crippen molar-refractivity contribution < 1.29 is 0 Å². The summed E-state index contributed by atoms with van der Waals surface area (Å²) in [5.41, 5.74) is 0. The molecule has 0 bridgehead atoms. The molecule has 1 atom stereocenters. The van der Waals surface area contributed by atoms with E-state index in [0.29, 0.717) is 0 Å². The number of hydrogen-bond donors (Lipinski definition) is 3. The molecule has 1 aliphatic heterocycles. The van der Waals surface area contributed by atoms with E-state index >= 15 is 0 Å². The lowest BCUT2D eigenvalue weighted by atomic mass is 10.2. The predicted molar refractivity (Wildman–Crippen MR) is 112 cm³/mol. The van der Waals surface area contributed by atoms with Gasteiger partial charge in [0.15, 0.2) is 5.96 Å². The van der Waals surface area contributed by atoms with Crippen LogP contribution in [0.3, 0.4) is 0 Å². The Morgan fingerprint density at radius 2 is 2.17 bits per heavy atom.